The number of para-hydroxylation sites is 1. The second-order valence-electron chi connectivity index (χ2n) is 4.88. The topological polar surface area (TPSA) is 56.6 Å². The molecule has 0 saturated carbocycles. The number of hydrogen-bond acceptors (Lipinski definition) is 2. The molecule has 0 fully saturated rings. The molecule has 5 heteroatoms. The van der Waals surface area contributed by atoms with Gasteiger partial charge in [-0.2, -0.15) is 5.26 Å². The van der Waals surface area contributed by atoms with Crippen LogP contribution in [0.15, 0.2) is 54.2 Å². The third-order valence-corrected chi connectivity index (χ3v) is 3.49. The average Bonchev–Trinajstić information content (AvgIpc) is 2.98. The second kappa shape index (κ2) is 5.85. The van der Waals surface area contributed by atoms with Crippen LogP contribution in [0.5, 0.6) is 0 Å². The first-order valence-electron chi connectivity index (χ1n) is 6.78. The van der Waals surface area contributed by atoms with E-state index in [0.29, 0.717) is 5.39 Å². The van der Waals surface area contributed by atoms with Crippen molar-refractivity contribution in [2.75, 3.05) is 0 Å². The maximum Gasteiger partial charge on any atom is 0.205 e. The number of benzene rings is 2. The lowest BCUT2D eigenvalue weighted by atomic mass is 10.0. The molecule has 0 radical (unpaired) electrons. The summed E-state index contributed by atoms with van der Waals surface area (Å²) >= 11 is 0. The first kappa shape index (κ1) is 14.7. The van der Waals surface area contributed by atoms with Gasteiger partial charge in [-0.25, -0.2) is 8.78 Å². The van der Waals surface area contributed by atoms with Gasteiger partial charge in [0.2, 0.25) is 5.78 Å². The Morgan fingerprint density at radius 1 is 1.09 bits per heavy atom. The molecule has 1 heterocycles. The molecule has 0 unspecified atom stereocenters. The fourth-order valence-electron chi connectivity index (χ4n) is 2.35. The minimum atomic E-state index is -0.829. The number of rotatable bonds is 3. The molecule has 112 valence electrons. The lowest BCUT2D eigenvalue weighted by Gasteiger charge is -2.01. The van der Waals surface area contributed by atoms with E-state index in [9.17, 15) is 18.8 Å². The van der Waals surface area contributed by atoms with Gasteiger partial charge in [0.05, 0.1) is 0 Å². The molecular weight excluding hydrogens is 298 g/mol. The van der Waals surface area contributed by atoms with Crippen molar-refractivity contribution < 1.29 is 13.6 Å². The predicted molar refractivity (Wildman–Crippen MR) is 82.6 cm³/mol. The van der Waals surface area contributed by atoms with E-state index in [-0.39, 0.29) is 11.1 Å². The number of nitrogens with one attached hydrogen (secondary N) is 1. The van der Waals surface area contributed by atoms with E-state index in [0.717, 1.165) is 23.7 Å². The van der Waals surface area contributed by atoms with Gasteiger partial charge in [0, 0.05) is 28.2 Å². The molecular formula is C18H10F2N2O. The minimum absolute atomic E-state index is 0.283. The standard InChI is InChI=1S/C18H10F2N2O/c19-15-5-3-6-16(20)13(15)8-11(9-21)18(23)14-10-22-17-7-2-1-4-12(14)17/h1-8,10,22H/b11-8+. The van der Waals surface area contributed by atoms with E-state index in [2.05, 4.69) is 4.98 Å². The number of hydrogen-bond donors (Lipinski definition) is 1. The van der Waals surface area contributed by atoms with Gasteiger partial charge in [-0.05, 0) is 24.3 Å². The molecule has 23 heavy (non-hydrogen) atoms. The normalized spacial score (nSPS) is 11.4. The molecule has 0 aliphatic rings. The number of aromatic nitrogens is 1. The number of aromatic amines is 1. The van der Waals surface area contributed by atoms with Gasteiger partial charge in [-0.15, -0.1) is 0 Å². The molecule has 3 nitrogen and oxygen atoms in total. The Bertz CT molecular complexity index is 960. The average molecular weight is 308 g/mol. The summed E-state index contributed by atoms with van der Waals surface area (Å²) in [5.41, 5.74) is 0.284. The van der Waals surface area contributed by atoms with Crippen LogP contribution in [-0.2, 0) is 0 Å². The van der Waals surface area contributed by atoms with Crippen LogP contribution in [0.1, 0.15) is 15.9 Å². The lowest BCUT2D eigenvalue weighted by molar-refractivity contribution is 0.104. The molecule has 0 bridgehead atoms. The van der Waals surface area contributed by atoms with Crippen molar-refractivity contribution >= 4 is 22.8 Å². The number of carbonyl (C=O) groups excluding carboxylic acids is 1. The molecule has 0 amide bonds. The van der Waals surface area contributed by atoms with E-state index in [1.165, 1.54) is 12.3 Å². The van der Waals surface area contributed by atoms with Gasteiger partial charge in [-0.1, -0.05) is 24.3 Å². The third kappa shape index (κ3) is 2.62. The summed E-state index contributed by atoms with van der Waals surface area (Å²) in [5.74, 6) is -2.25. The fourth-order valence-corrected chi connectivity index (χ4v) is 2.35. The van der Waals surface area contributed by atoms with Gasteiger partial charge in [0.25, 0.3) is 0 Å². The Morgan fingerprint density at radius 2 is 1.78 bits per heavy atom. The molecule has 1 N–H and O–H groups in total. The van der Waals surface area contributed by atoms with Crippen molar-refractivity contribution in [3.05, 3.63) is 77.0 Å². The summed E-state index contributed by atoms with van der Waals surface area (Å²) < 4.78 is 27.4. The summed E-state index contributed by atoms with van der Waals surface area (Å²) in [6, 6.07) is 12.2. The van der Waals surface area contributed by atoms with E-state index in [1.807, 2.05) is 6.07 Å². The molecule has 0 aliphatic carbocycles. The van der Waals surface area contributed by atoms with Gasteiger partial charge in [-0.3, -0.25) is 4.79 Å². The number of allylic oxidation sites excluding steroid dienone is 1. The second-order valence-corrected chi connectivity index (χ2v) is 4.88. The van der Waals surface area contributed by atoms with Gasteiger partial charge in [0.15, 0.2) is 0 Å². The number of fused-ring (bicyclic) bond motifs is 1. The number of nitrogens with zero attached hydrogens (tertiary/aromatic N) is 1. The zero-order valence-corrected chi connectivity index (χ0v) is 11.8. The fraction of sp³-hybridized carbons (Fsp3) is 0. The van der Waals surface area contributed by atoms with Crippen LogP contribution < -0.4 is 0 Å². The SMILES string of the molecule is N#C/C(=C\c1c(F)cccc1F)C(=O)c1c[nH]c2ccccc12. The predicted octanol–water partition coefficient (Wildman–Crippen LogP) is 4.24. The maximum absolute atomic E-state index is 13.7. The van der Waals surface area contributed by atoms with Crippen LogP contribution >= 0.6 is 0 Å². The number of nitriles is 1. The molecule has 0 aliphatic heterocycles. The van der Waals surface area contributed by atoms with Crippen molar-refractivity contribution in [3.8, 4) is 6.07 Å². The van der Waals surface area contributed by atoms with Crippen LogP contribution in [0.4, 0.5) is 8.78 Å². The maximum atomic E-state index is 13.7. The summed E-state index contributed by atoms with van der Waals surface area (Å²) in [6.45, 7) is 0. The van der Waals surface area contributed by atoms with Gasteiger partial charge >= 0.3 is 0 Å². The first-order valence-corrected chi connectivity index (χ1v) is 6.78. The Hall–Kier alpha value is -3.26. The molecule has 0 spiro atoms. The number of halogens is 2. The highest BCUT2D eigenvalue weighted by Crippen LogP contribution is 2.23. The van der Waals surface area contributed by atoms with Crippen LogP contribution in [0.3, 0.4) is 0 Å². The zero-order chi connectivity index (χ0) is 16.4. The van der Waals surface area contributed by atoms with Crippen LogP contribution in [-0.4, -0.2) is 10.8 Å². The lowest BCUT2D eigenvalue weighted by Crippen LogP contribution is -2.02. The molecule has 0 saturated heterocycles. The van der Waals surface area contributed by atoms with E-state index in [4.69, 9.17) is 0 Å². The van der Waals surface area contributed by atoms with Crippen LogP contribution in [0.2, 0.25) is 0 Å². The molecule has 2 aromatic carbocycles. The number of H-pyrrole nitrogens is 1. The molecule has 0 atom stereocenters. The first-order chi connectivity index (χ1) is 11.1. The highest BCUT2D eigenvalue weighted by atomic mass is 19.1. The zero-order valence-electron chi connectivity index (χ0n) is 11.8. The summed E-state index contributed by atoms with van der Waals surface area (Å²) in [7, 11) is 0. The van der Waals surface area contributed by atoms with Crippen molar-refractivity contribution in [2.45, 2.75) is 0 Å². The number of carbonyl (C=O) groups is 1. The summed E-state index contributed by atoms with van der Waals surface area (Å²) in [6.07, 6.45) is 2.42. The highest BCUT2D eigenvalue weighted by molar-refractivity contribution is 6.19. The Morgan fingerprint density at radius 3 is 2.48 bits per heavy atom. The Balaban J connectivity index is 2.10. The van der Waals surface area contributed by atoms with Crippen molar-refractivity contribution in [2.24, 2.45) is 0 Å². The van der Waals surface area contributed by atoms with E-state index < -0.39 is 23.0 Å². The largest absolute Gasteiger partial charge is 0.360 e. The van der Waals surface area contributed by atoms with Crippen LogP contribution in [0, 0.1) is 23.0 Å². The van der Waals surface area contributed by atoms with Gasteiger partial charge in [0.1, 0.15) is 23.3 Å². The van der Waals surface area contributed by atoms with Crippen molar-refractivity contribution in [1.82, 2.24) is 4.98 Å². The van der Waals surface area contributed by atoms with Crippen molar-refractivity contribution in [3.63, 3.8) is 0 Å². The van der Waals surface area contributed by atoms with E-state index >= 15 is 0 Å². The quantitative estimate of drug-likeness (QED) is 0.447. The molecule has 3 rings (SSSR count). The molecule has 1 aromatic heterocycles. The third-order valence-electron chi connectivity index (χ3n) is 3.49. The smallest absolute Gasteiger partial charge is 0.205 e. The van der Waals surface area contributed by atoms with Crippen molar-refractivity contribution in [1.29, 1.82) is 5.26 Å². The van der Waals surface area contributed by atoms with Crippen LogP contribution in [0.25, 0.3) is 17.0 Å². The minimum Gasteiger partial charge on any atom is -0.360 e. The Kier molecular flexibility index (Phi) is 3.73. The monoisotopic (exact) mass is 308 g/mol. The highest BCUT2D eigenvalue weighted by Gasteiger charge is 2.18. The molecule has 3 aromatic rings. The Labute approximate surface area is 130 Å². The summed E-state index contributed by atoms with van der Waals surface area (Å²) in [5, 5.41) is 9.86. The summed E-state index contributed by atoms with van der Waals surface area (Å²) in [4.78, 5) is 15.5. The number of ketones is 1. The number of Topliss-reactive ketones (excluding diaryl/α,β-unsaturated/α-hetero) is 1. The van der Waals surface area contributed by atoms with E-state index in [1.54, 1.807) is 24.3 Å². The van der Waals surface area contributed by atoms with Gasteiger partial charge < -0.3 is 4.98 Å².